The number of hydrogen-bond acceptors (Lipinski definition) is 3. The second-order valence-corrected chi connectivity index (χ2v) is 4.66. The Kier molecular flexibility index (Phi) is 6.39. The minimum absolute atomic E-state index is 0.00839. The van der Waals surface area contributed by atoms with Crippen molar-refractivity contribution in [1.82, 2.24) is 0 Å². The van der Waals surface area contributed by atoms with Crippen molar-refractivity contribution < 1.29 is 19.1 Å². The summed E-state index contributed by atoms with van der Waals surface area (Å²) in [6, 6.07) is 4.16. The molecule has 0 unspecified atom stereocenters. The molecule has 0 radical (unpaired) electrons. The van der Waals surface area contributed by atoms with Crippen molar-refractivity contribution in [1.29, 1.82) is 0 Å². The van der Waals surface area contributed by atoms with Crippen LogP contribution in [0.4, 0.5) is 10.1 Å². The number of carboxylic acid groups (broad SMARTS) is 1. The predicted octanol–water partition coefficient (Wildman–Crippen LogP) is 2.02. The Hall–Kier alpha value is -2.37. The lowest BCUT2D eigenvalue weighted by Crippen LogP contribution is -2.34. The van der Waals surface area contributed by atoms with Crippen LogP contribution in [-0.2, 0) is 9.59 Å². The highest BCUT2D eigenvalue weighted by Crippen LogP contribution is 2.20. The van der Waals surface area contributed by atoms with Gasteiger partial charge in [0, 0.05) is 18.3 Å². The molecule has 0 bridgehead atoms. The van der Waals surface area contributed by atoms with E-state index in [1.807, 2.05) is 6.92 Å². The van der Waals surface area contributed by atoms with Crippen LogP contribution < -0.4 is 10.6 Å². The van der Waals surface area contributed by atoms with E-state index in [9.17, 15) is 14.0 Å². The zero-order chi connectivity index (χ0) is 15.8. The van der Waals surface area contributed by atoms with E-state index in [1.165, 1.54) is 18.2 Å². The molecule has 1 amide bonds. The Bertz CT molecular complexity index is 544. The van der Waals surface area contributed by atoms with E-state index < -0.39 is 17.7 Å². The fourth-order valence-electron chi connectivity index (χ4n) is 1.88. The van der Waals surface area contributed by atoms with Gasteiger partial charge in [-0.25, -0.2) is 9.18 Å². The SMILES string of the molecule is CCCCN(CC(N)=O)c1cc(F)cc(/C=C/C(=O)O)c1. The van der Waals surface area contributed by atoms with Crippen molar-refractivity contribution in [3.05, 3.63) is 35.7 Å². The molecule has 0 aromatic heterocycles. The Morgan fingerprint density at radius 1 is 1.38 bits per heavy atom. The third-order valence-electron chi connectivity index (χ3n) is 2.82. The van der Waals surface area contributed by atoms with Crippen LogP contribution in [0, 0.1) is 5.82 Å². The van der Waals surface area contributed by atoms with Gasteiger partial charge in [0.05, 0.1) is 6.54 Å². The van der Waals surface area contributed by atoms with E-state index in [-0.39, 0.29) is 6.54 Å². The van der Waals surface area contributed by atoms with Crippen LogP contribution in [0.2, 0.25) is 0 Å². The van der Waals surface area contributed by atoms with E-state index >= 15 is 0 Å². The lowest BCUT2D eigenvalue weighted by molar-refractivity contribution is -0.131. The van der Waals surface area contributed by atoms with Crippen LogP contribution in [0.1, 0.15) is 25.3 Å². The number of hydrogen-bond donors (Lipinski definition) is 2. The number of nitrogens with two attached hydrogens (primary N) is 1. The first-order valence-electron chi connectivity index (χ1n) is 6.67. The molecule has 21 heavy (non-hydrogen) atoms. The molecule has 0 atom stereocenters. The van der Waals surface area contributed by atoms with Gasteiger partial charge in [0.1, 0.15) is 5.82 Å². The highest BCUT2D eigenvalue weighted by molar-refractivity contribution is 5.85. The summed E-state index contributed by atoms with van der Waals surface area (Å²) >= 11 is 0. The summed E-state index contributed by atoms with van der Waals surface area (Å²) < 4.78 is 13.6. The van der Waals surface area contributed by atoms with Gasteiger partial charge < -0.3 is 15.7 Å². The number of halogens is 1. The van der Waals surface area contributed by atoms with Crippen LogP contribution in [0.5, 0.6) is 0 Å². The van der Waals surface area contributed by atoms with Crippen LogP contribution in [0.25, 0.3) is 6.08 Å². The third-order valence-corrected chi connectivity index (χ3v) is 2.82. The molecule has 5 nitrogen and oxygen atoms in total. The van der Waals surface area contributed by atoms with Gasteiger partial charge >= 0.3 is 5.97 Å². The molecule has 0 aliphatic carbocycles. The molecule has 3 N–H and O–H groups in total. The molecule has 0 spiro atoms. The summed E-state index contributed by atoms with van der Waals surface area (Å²) in [7, 11) is 0. The average Bonchev–Trinajstić information content (AvgIpc) is 2.40. The van der Waals surface area contributed by atoms with Gasteiger partial charge in [-0.05, 0) is 36.3 Å². The minimum atomic E-state index is -1.11. The number of nitrogens with zero attached hydrogens (tertiary/aromatic N) is 1. The maximum absolute atomic E-state index is 13.6. The molecule has 1 aromatic carbocycles. The topological polar surface area (TPSA) is 83.6 Å². The second kappa shape index (κ2) is 8.04. The number of carbonyl (C=O) groups excluding carboxylic acids is 1. The highest BCUT2D eigenvalue weighted by Gasteiger charge is 2.11. The molecule has 0 aliphatic rings. The van der Waals surface area contributed by atoms with Crippen molar-refractivity contribution in [2.75, 3.05) is 18.0 Å². The Morgan fingerprint density at radius 2 is 2.10 bits per heavy atom. The first-order chi connectivity index (χ1) is 9.92. The number of anilines is 1. The van der Waals surface area contributed by atoms with Gasteiger partial charge in [-0.3, -0.25) is 4.79 Å². The summed E-state index contributed by atoms with van der Waals surface area (Å²) in [5.41, 5.74) is 6.13. The van der Waals surface area contributed by atoms with E-state index in [4.69, 9.17) is 10.8 Å². The van der Waals surface area contributed by atoms with Crippen LogP contribution in [0.3, 0.4) is 0 Å². The summed E-state index contributed by atoms with van der Waals surface area (Å²) in [4.78, 5) is 23.3. The number of primary amides is 1. The zero-order valence-electron chi connectivity index (χ0n) is 11.9. The Balaban J connectivity index is 3.05. The smallest absolute Gasteiger partial charge is 0.328 e. The quantitative estimate of drug-likeness (QED) is 0.718. The molecule has 114 valence electrons. The summed E-state index contributed by atoms with van der Waals surface area (Å²) in [6.45, 7) is 2.57. The first kappa shape index (κ1) is 16.7. The van der Waals surface area contributed by atoms with E-state index in [1.54, 1.807) is 11.0 Å². The lowest BCUT2D eigenvalue weighted by atomic mass is 10.1. The van der Waals surface area contributed by atoms with Gasteiger partial charge in [0.2, 0.25) is 5.91 Å². The second-order valence-electron chi connectivity index (χ2n) is 4.66. The maximum atomic E-state index is 13.6. The van der Waals surface area contributed by atoms with Crippen molar-refractivity contribution in [3.8, 4) is 0 Å². The number of amides is 1. The van der Waals surface area contributed by atoms with E-state index in [2.05, 4.69) is 0 Å². The number of unbranched alkanes of at least 4 members (excludes halogenated alkanes) is 1. The number of rotatable bonds is 8. The van der Waals surface area contributed by atoms with Crippen molar-refractivity contribution in [3.63, 3.8) is 0 Å². The van der Waals surface area contributed by atoms with Crippen molar-refractivity contribution in [2.24, 2.45) is 5.73 Å². The van der Waals surface area contributed by atoms with E-state index in [0.717, 1.165) is 18.9 Å². The van der Waals surface area contributed by atoms with Crippen molar-refractivity contribution in [2.45, 2.75) is 19.8 Å². The van der Waals surface area contributed by atoms with Gasteiger partial charge in [0.25, 0.3) is 0 Å². The van der Waals surface area contributed by atoms with Crippen molar-refractivity contribution >= 4 is 23.6 Å². The zero-order valence-corrected chi connectivity index (χ0v) is 11.9. The number of aliphatic carboxylic acids is 1. The molecule has 0 heterocycles. The number of carbonyl (C=O) groups is 2. The molecule has 1 aromatic rings. The lowest BCUT2D eigenvalue weighted by Gasteiger charge is -2.23. The fourth-order valence-corrected chi connectivity index (χ4v) is 1.88. The van der Waals surface area contributed by atoms with Gasteiger partial charge in [0.15, 0.2) is 0 Å². The van der Waals surface area contributed by atoms with Crippen LogP contribution in [-0.4, -0.2) is 30.1 Å². The molecule has 0 aliphatic heterocycles. The minimum Gasteiger partial charge on any atom is -0.478 e. The average molecular weight is 294 g/mol. The molecule has 0 saturated heterocycles. The molecular formula is C15H19FN2O3. The van der Waals surface area contributed by atoms with Gasteiger partial charge in [-0.2, -0.15) is 0 Å². The fraction of sp³-hybridized carbons (Fsp3) is 0.333. The molecule has 1 rings (SSSR count). The largest absolute Gasteiger partial charge is 0.478 e. The standard InChI is InChI=1S/C15H19FN2O3/c1-2-3-6-18(10-14(17)19)13-8-11(4-5-15(20)21)7-12(16)9-13/h4-5,7-9H,2-3,6,10H2,1H3,(H2,17,19)(H,20,21)/b5-4+. The Labute approximate surface area is 122 Å². The molecular weight excluding hydrogens is 275 g/mol. The predicted molar refractivity (Wildman–Crippen MR) is 79.4 cm³/mol. The number of benzene rings is 1. The van der Waals surface area contributed by atoms with Crippen LogP contribution in [0.15, 0.2) is 24.3 Å². The van der Waals surface area contributed by atoms with Crippen LogP contribution >= 0.6 is 0 Å². The van der Waals surface area contributed by atoms with Gasteiger partial charge in [-0.15, -0.1) is 0 Å². The summed E-state index contributed by atoms with van der Waals surface area (Å²) in [6.07, 6.45) is 4.00. The monoisotopic (exact) mass is 294 g/mol. The third kappa shape index (κ3) is 6.07. The Morgan fingerprint density at radius 3 is 2.67 bits per heavy atom. The van der Waals surface area contributed by atoms with E-state index in [0.29, 0.717) is 17.8 Å². The number of carboxylic acids is 1. The van der Waals surface area contributed by atoms with Gasteiger partial charge in [-0.1, -0.05) is 13.3 Å². The summed E-state index contributed by atoms with van der Waals surface area (Å²) in [5, 5.41) is 8.61. The highest BCUT2D eigenvalue weighted by atomic mass is 19.1. The first-order valence-corrected chi connectivity index (χ1v) is 6.67. The maximum Gasteiger partial charge on any atom is 0.328 e. The molecule has 6 heteroatoms. The normalized spacial score (nSPS) is 10.8. The summed E-state index contributed by atoms with van der Waals surface area (Å²) in [5.74, 6) is -2.11. The molecule has 0 saturated carbocycles. The molecule has 0 fully saturated rings.